The van der Waals surface area contributed by atoms with E-state index in [1.165, 1.54) is 0 Å². The normalized spacial score (nSPS) is 36.2. The second kappa shape index (κ2) is 7.24. The van der Waals surface area contributed by atoms with E-state index in [-0.39, 0.29) is 29.6 Å². The van der Waals surface area contributed by atoms with Gasteiger partial charge in [0.25, 0.3) is 0 Å². The minimum absolute atomic E-state index is 0.0197. The topological polar surface area (TPSA) is 72.8 Å². The number of aliphatic hydroxyl groups is 1. The Morgan fingerprint density at radius 2 is 1.90 bits per heavy atom. The lowest BCUT2D eigenvalue weighted by atomic mass is 9.61. The zero-order chi connectivity index (χ0) is 21.7. The number of carbonyl (C=O) groups excluding carboxylic acids is 2. The number of hydrogen-bond acceptors (Lipinski definition) is 5. The van der Waals surface area contributed by atoms with Gasteiger partial charge in [-0.3, -0.25) is 4.79 Å². The van der Waals surface area contributed by atoms with Crippen LogP contribution in [-0.2, 0) is 19.1 Å². The molecular weight excluding hydrogens is 380 g/mol. The number of ketones is 1. The van der Waals surface area contributed by atoms with Crippen molar-refractivity contribution < 1.29 is 24.2 Å². The molecule has 1 fully saturated rings. The highest BCUT2D eigenvalue weighted by molar-refractivity contribution is 6.26. The summed E-state index contributed by atoms with van der Waals surface area (Å²) >= 11 is 0. The average molecular weight is 408 g/mol. The van der Waals surface area contributed by atoms with E-state index < -0.39 is 23.1 Å². The van der Waals surface area contributed by atoms with Crippen LogP contribution in [0, 0.1) is 11.3 Å². The van der Waals surface area contributed by atoms with Gasteiger partial charge < -0.3 is 14.6 Å². The summed E-state index contributed by atoms with van der Waals surface area (Å²) in [6.07, 6.45) is 13.3. The van der Waals surface area contributed by atoms with Gasteiger partial charge in [0.2, 0.25) is 5.78 Å². The van der Waals surface area contributed by atoms with Crippen LogP contribution < -0.4 is 0 Å². The van der Waals surface area contributed by atoms with Crippen LogP contribution in [0.1, 0.15) is 40.5 Å². The number of fused-ring (bicyclic) bond motifs is 5. The first-order chi connectivity index (χ1) is 14.1. The Labute approximate surface area is 177 Å². The van der Waals surface area contributed by atoms with E-state index in [1.807, 2.05) is 39.0 Å². The number of esters is 1. The molecule has 4 atom stereocenters. The van der Waals surface area contributed by atoms with Gasteiger partial charge in [-0.1, -0.05) is 48.5 Å². The van der Waals surface area contributed by atoms with Crippen molar-refractivity contribution in [2.75, 3.05) is 6.61 Å². The molecule has 3 heterocycles. The molecule has 3 aliphatic heterocycles. The predicted octanol–water partition coefficient (Wildman–Crippen LogP) is 3.88. The molecule has 5 nitrogen and oxygen atoms in total. The highest BCUT2D eigenvalue weighted by Crippen LogP contribution is 2.53. The van der Waals surface area contributed by atoms with Crippen LogP contribution in [0.25, 0.3) is 0 Å². The minimum Gasteiger partial charge on any atom is -0.488 e. The molecule has 30 heavy (non-hydrogen) atoms. The zero-order valence-corrected chi connectivity index (χ0v) is 17.9. The maximum absolute atomic E-state index is 13.8. The third-order valence-corrected chi connectivity index (χ3v) is 6.62. The van der Waals surface area contributed by atoms with Crippen molar-refractivity contribution in [3.8, 4) is 0 Å². The second-order valence-electron chi connectivity index (χ2n) is 9.02. The van der Waals surface area contributed by atoms with E-state index in [9.17, 15) is 14.7 Å². The number of aliphatic hydroxyl groups excluding tert-OH is 1. The summed E-state index contributed by atoms with van der Waals surface area (Å²) in [6, 6.07) is 0. The van der Waals surface area contributed by atoms with E-state index >= 15 is 0 Å². The van der Waals surface area contributed by atoms with E-state index in [0.29, 0.717) is 12.8 Å². The number of hydrogen-bond donors (Lipinski definition) is 1. The van der Waals surface area contributed by atoms with Gasteiger partial charge in [-0.2, -0.15) is 0 Å². The van der Waals surface area contributed by atoms with Crippen molar-refractivity contribution in [3.05, 3.63) is 70.6 Å². The number of ether oxygens (including phenoxy) is 2. The van der Waals surface area contributed by atoms with Gasteiger partial charge in [0, 0.05) is 6.42 Å². The fraction of sp³-hybridized carbons (Fsp3) is 0.440. The molecule has 1 spiro atoms. The molecule has 5 aliphatic rings. The van der Waals surface area contributed by atoms with Crippen LogP contribution >= 0.6 is 0 Å². The first-order valence-electron chi connectivity index (χ1n) is 10.4. The zero-order valence-electron chi connectivity index (χ0n) is 17.9. The van der Waals surface area contributed by atoms with Crippen LogP contribution in [0.15, 0.2) is 70.6 Å². The highest BCUT2D eigenvalue weighted by atomic mass is 16.6. The maximum Gasteiger partial charge on any atom is 0.346 e. The second-order valence-corrected chi connectivity index (χ2v) is 9.02. The molecule has 4 bridgehead atoms. The molecule has 0 radical (unpaired) electrons. The first-order valence-corrected chi connectivity index (χ1v) is 10.4. The summed E-state index contributed by atoms with van der Waals surface area (Å²) in [5.74, 6) is -0.603. The molecule has 1 saturated heterocycles. The lowest BCUT2D eigenvalue weighted by molar-refractivity contribution is -0.162. The quantitative estimate of drug-likeness (QED) is 0.374. The van der Waals surface area contributed by atoms with Gasteiger partial charge in [0.1, 0.15) is 17.9 Å². The molecular formula is C25H28O5. The number of rotatable bonds is 0. The predicted molar refractivity (Wildman–Crippen MR) is 113 cm³/mol. The maximum atomic E-state index is 13.8. The molecule has 0 saturated carbocycles. The van der Waals surface area contributed by atoms with E-state index in [1.54, 1.807) is 18.2 Å². The van der Waals surface area contributed by atoms with Crippen molar-refractivity contribution in [2.45, 2.75) is 52.2 Å². The monoisotopic (exact) mass is 408 g/mol. The Bertz CT molecular complexity index is 989. The summed E-state index contributed by atoms with van der Waals surface area (Å²) in [4.78, 5) is 26.7. The fourth-order valence-corrected chi connectivity index (χ4v) is 4.88. The van der Waals surface area contributed by atoms with Crippen LogP contribution in [0.4, 0.5) is 0 Å². The Morgan fingerprint density at radius 1 is 1.13 bits per heavy atom. The lowest BCUT2D eigenvalue weighted by Crippen LogP contribution is -2.53. The standard InChI is InChI=1S/C25H28O5/c1-15-6-5-7-19(26)10-18-8-9-20(29-14-18)21-22(27)25(30-23(21)28)13-17(3)16(2)12-24(25,4)11-15/h5-6,8-12,17,19,26H,7,13-14H2,1-4H3/t17-,19+,24-,25+/m0/s1. The SMILES string of the molecule is CC1=C[C@@]2(C)C=C(C)[C@@H](C)C[C@]23OC(=O)C(=C2C=CC(=C[C@H](O)CC=C1)CO2)C3=O. The molecule has 1 N–H and O–H groups in total. The molecule has 2 aliphatic carbocycles. The average Bonchev–Trinajstić information content (AvgIpc) is 2.91. The van der Waals surface area contributed by atoms with Crippen LogP contribution in [0.3, 0.4) is 0 Å². The van der Waals surface area contributed by atoms with Gasteiger partial charge >= 0.3 is 5.97 Å². The summed E-state index contributed by atoms with van der Waals surface area (Å²) in [7, 11) is 0. The van der Waals surface area contributed by atoms with Crippen molar-refractivity contribution in [1.29, 1.82) is 0 Å². The van der Waals surface area contributed by atoms with E-state index in [4.69, 9.17) is 9.47 Å². The van der Waals surface area contributed by atoms with Crippen LogP contribution in [0.5, 0.6) is 0 Å². The lowest BCUT2D eigenvalue weighted by Gasteiger charge is -2.45. The van der Waals surface area contributed by atoms with Crippen LogP contribution in [-0.4, -0.2) is 35.2 Å². The Morgan fingerprint density at radius 3 is 2.60 bits per heavy atom. The van der Waals surface area contributed by atoms with Crippen molar-refractivity contribution in [2.24, 2.45) is 11.3 Å². The smallest absolute Gasteiger partial charge is 0.346 e. The van der Waals surface area contributed by atoms with Gasteiger partial charge in [-0.15, -0.1) is 0 Å². The first kappa shape index (κ1) is 20.6. The van der Waals surface area contributed by atoms with E-state index in [2.05, 4.69) is 13.0 Å². The molecule has 0 aromatic rings. The Hall–Kier alpha value is -2.66. The van der Waals surface area contributed by atoms with E-state index in [0.717, 1.165) is 16.7 Å². The van der Waals surface area contributed by atoms with Gasteiger partial charge in [0.05, 0.1) is 11.5 Å². The van der Waals surface area contributed by atoms with Gasteiger partial charge in [-0.25, -0.2) is 4.79 Å². The summed E-state index contributed by atoms with van der Waals surface area (Å²) in [5.41, 5.74) is 0.782. The molecule has 0 aromatic carbocycles. The van der Waals surface area contributed by atoms with Crippen LogP contribution in [0.2, 0.25) is 0 Å². The molecule has 158 valence electrons. The number of carbonyl (C=O) groups is 2. The molecule has 0 aromatic heterocycles. The highest BCUT2D eigenvalue weighted by Gasteiger charge is 2.64. The number of allylic oxidation sites excluding steroid dienone is 4. The minimum atomic E-state index is -1.30. The third-order valence-electron chi connectivity index (χ3n) is 6.62. The van der Waals surface area contributed by atoms with Crippen molar-refractivity contribution in [1.82, 2.24) is 0 Å². The Kier molecular flexibility index (Phi) is 4.97. The fourth-order valence-electron chi connectivity index (χ4n) is 4.88. The molecule has 5 heteroatoms. The molecule has 5 rings (SSSR count). The summed E-state index contributed by atoms with van der Waals surface area (Å²) in [6.45, 7) is 8.19. The number of Topliss-reactive ketones (excluding diaryl/α,β-unsaturated/α-hetero) is 1. The van der Waals surface area contributed by atoms with Crippen molar-refractivity contribution in [3.63, 3.8) is 0 Å². The largest absolute Gasteiger partial charge is 0.488 e. The summed E-state index contributed by atoms with van der Waals surface area (Å²) in [5, 5.41) is 10.3. The third kappa shape index (κ3) is 3.21. The van der Waals surface area contributed by atoms with Crippen molar-refractivity contribution >= 4 is 11.8 Å². The van der Waals surface area contributed by atoms with Gasteiger partial charge in [0.15, 0.2) is 5.60 Å². The summed E-state index contributed by atoms with van der Waals surface area (Å²) < 4.78 is 11.7. The molecule has 0 unspecified atom stereocenters. The Balaban J connectivity index is 1.95. The molecule has 0 amide bonds. The van der Waals surface area contributed by atoms with Gasteiger partial charge in [-0.05, 0) is 50.8 Å².